The first kappa shape index (κ1) is 34.8. The van der Waals surface area contributed by atoms with E-state index in [1.54, 1.807) is 45.2 Å². The Bertz CT molecular complexity index is 1360. The second-order valence-corrected chi connectivity index (χ2v) is 8.39. The molecular weight excluding hydrogens is 543 g/mol. The molecule has 0 unspecified atom stereocenters. The monoisotopic (exact) mass is 578 g/mol. The molecule has 0 fully saturated rings. The van der Waals surface area contributed by atoms with Crippen LogP contribution in [0.15, 0.2) is 97.6 Å². The van der Waals surface area contributed by atoms with Gasteiger partial charge in [0, 0.05) is 11.6 Å². The van der Waals surface area contributed by atoms with Gasteiger partial charge in [-0.3, -0.25) is 9.59 Å². The Hall–Kier alpha value is -5.18. The second kappa shape index (κ2) is 19.0. The van der Waals surface area contributed by atoms with Crippen molar-refractivity contribution in [2.45, 2.75) is 13.8 Å². The van der Waals surface area contributed by atoms with E-state index in [1.807, 2.05) is 24.3 Å². The third-order valence-electron chi connectivity index (χ3n) is 4.95. The van der Waals surface area contributed by atoms with Gasteiger partial charge in [-0.1, -0.05) is 37.9 Å². The summed E-state index contributed by atoms with van der Waals surface area (Å²) >= 11 is 0. The molecule has 42 heavy (non-hydrogen) atoms. The molecular formula is C33H35FO8. The normalized spacial score (nSPS) is 9.36. The summed E-state index contributed by atoms with van der Waals surface area (Å²) in [5.74, 6) is 0.860. The third kappa shape index (κ3) is 12.3. The highest BCUT2D eigenvalue weighted by Gasteiger charge is 2.13. The van der Waals surface area contributed by atoms with Gasteiger partial charge in [0.1, 0.15) is 37.3 Å². The van der Waals surface area contributed by atoms with Crippen LogP contribution in [-0.4, -0.2) is 46.0 Å². The van der Waals surface area contributed by atoms with Gasteiger partial charge in [-0.2, -0.15) is 0 Å². The van der Waals surface area contributed by atoms with E-state index in [1.165, 1.54) is 25.3 Å². The quantitative estimate of drug-likeness (QED) is 0.0782. The van der Waals surface area contributed by atoms with Crippen molar-refractivity contribution in [2.75, 3.05) is 27.4 Å². The molecule has 3 aromatic rings. The zero-order valence-electron chi connectivity index (χ0n) is 24.2. The predicted molar refractivity (Wildman–Crippen MR) is 160 cm³/mol. The molecule has 0 aliphatic rings. The van der Waals surface area contributed by atoms with E-state index >= 15 is 0 Å². The van der Waals surface area contributed by atoms with Gasteiger partial charge >= 0.3 is 5.97 Å². The first-order valence-electron chi connectivity index (χ1n) is 12.5. The number of ether oxygens (including phenoxy) is 5. The molecule has 0 aromatic heterocycles. The van der Waals surface area contributed by atoms with Crippen molar-refractivity contribution in [3.05, 3.63) is 103 Å². The first-order valence-corrected chi connectivity index (χ1v) is 12.5. The number of esters is 1. The number of hydrogen-bond donors (Lipinski definition) is 0. The number of benzene rings is 3. The van der Waals surface area contributed by atoms with Gasteiger partial charge < -0.3 is 23.7 Å². The third-order valence-corrected chi connectivity index (χ3v) is 4.95. The Morgan fingerprint density at radius 3 is 1.83 bits per heavy atom. The van der Waals surface area contributed by atoms with E-state index < -0.39 is 11.8 Å². The van der Waals surface area contributed by atoms with Crippen LogP contribution in [0.3, 0.4) is 0 Å². The molecule has 9 heteroatoms. The van der Waals surface area contributed by atoms with Gasteiger partial charge in [-0.15, -0.1) is 0 Å². The molecule has 3 aromatic carbocycles. The Balaban J connectivity index is 0.000000856. The fourth-order valence-electron chi connectivity index (χ4n) is 2.91. The zero-order chi connectivity index (χ0) is 31.5. The van der Waals surface area contributed by atoms with E-state index in [0.29, 0.717) is 23.4 Å². The Kier molecular flexibility index (Phi) is 15.8. The van der Waals surface area contributed by atoms with Crippen molar-refractivity contribution in [3.63, 3.8) is 0 Å². The van der Waals surface area contributed by atoms with Crippen molar-refractivity contribution in [2.24, 2.45) is 0 Å². The average Bonchev–Trinajstić information content (AvgIpc) is 3.00. The summed E-state index contributed by atoms with van der Waals surface area (Å²) < 4.78 is 41.2. The number of aldehydes is 2. The maximum Gasteiger partial charge on any atom is 0.338 e. The number of carbonyl (C=O) groups is 3. The molecule has 0 saturated heterocycles. The highest BCUT2D eigenvalue weighted by Crippen LogP contribution is 2.32. The fourth-order valence-corrected chi connectivity index (χ4v) is 2.91. The molecule has 0 bridgehead atoms. The largest absolute Gasteiger partial charge is 0.497 e. The van der Waals surface area contributed by atoms with Gasteiger partial charge in [-0.25, -0.2) is 9.18 Å². The summed E-state index contributed by atoms with van der Waals surface area (Å²) in [5, 5.41) is 0. The SMILES string of the molecule is C=C(C)C(=O)Oc1cc(OCCOc2ccc(-c3ccc(OC)cc3)cc2F)ccc1OC.C=C(C)C=O.C=CC=O. The minimum absolute atomic E-state index is 0.117. The Labute approximate surface area is 245 Å². The highest BCUT2D eigenvalue weighted by molar-refractivity contribution is 5.89. The molecule has 0 amide bonds. The summed E-state index contributed by atoms with van der Waals surface area (Å²) in [6.07, 6.45) is 2.56. The lowest BCUT2D eigenvalue weighted by molar-refractivity contribution is -0.130. The van der Waals surface area contributed by atoms with E-state index in [4.69, 9.17) is 28.5 Å². The molecule has 0 aliphatic heterocycles. The summed E-state index contributed by atoms with van der Waals surface area (Å²) in [7, 11) is 3.06. The van der Waals surface area contributed by atoms with Crippen molar-refractivity contribution in [1.29, 1.82) is 0 Å². The molecule has 222 valence electrons. The van der Waals surface area contributed by atoms with Crippen LogP contribution in [0.25, 0.3) is 11.1 Å². The van der Waals surface area contributed by atoms with Crippen molar-refractivity contribution in [3.8, 4) is 39.9 Å². The van der Waals surface area contributed by atoms with E-state index in [9.17, 15) is 14.0 Å². The molecule has 8 nitrogen and oxygen atoms in total. The fraction of sp³-hybridized carbons (Fsp3) is 0.182. The van der Waals surface area contributed by atoms with Crippen LogP contribution in [0.4, 0.5) is 4.39 Å². The summed E-state index contributed by atoms with van der Waals surface area (Å²) in [6, 6.07) is 17.0. The van der Waals surface area contributed by atoms with Gasteiger partial charge in [0.2, 0.25) is 0 Å². The number of carbonyl (C=O) groups excluding carboxylic acids is 3. The average molecular weight is 579 g/mol. The predicted octanol–water partition coefficient (Wildman–Crippen LogP) is 6.58. The minimum atomic E-state index is -0.567. The molecule has 0 atom stereocenters. The van der Waals surface area contributed by atoms with Crippen molar-refractivity contribution >= 4 is 18.5 Å². The van der Waals surface area contributed by atoms with Crippen molar-refractivity contribution < 1.29 is 42.5 Å². The Morgan fingerprint density at radius 1 is 0.786 bits per heavy atom. The van der Waals surface area contributed by atoms with Crippen LogP contribution in [0.1, 0.15) is 13.8 Å². The van der Waals surface area contributed by atoms with Crippen LogP contribution >= 0.6 is 0 Å². The lowest BCUT2D eigenvalue weighted by Crippen LogP contribution is -2.11. The molecule has 0 spiro atoms. The van der Waals surface area contributed by atoms with Gasteiger partial charge in [0.25, 0.3) is 0 Å². The molecule has 3 rings (SSSR count). The summed E-state index contributed by atoms with van der Waals surface area (Å²) in [5.41, 5.74) is 2.43. The molecule has 0 saturated carbocycles. The molecule has 0 heterocycles. The topological polar surface area (TPSA) is 97.4 Å². The lowest BCUT2D eigenvalue weighted by atomic mass is 10.1. The lowest BCUT2D eigenvalue weighted by Gasteiger charge is -2.13. The van der Waals surface area contributed by atoms with E-state index in [-0.39, 0.29) is 30.3 Å². The second-order valence-electron chi connectivity index (χ2n) is 8.39. The van der Waals surface area contributed by atoms with Crippen LogP contribution < -0.4 is 23.7 Å². The molecule has 0 N–H and O–H groups in total. The van der Waals surface area contributed by atoms with Crippen LogP contribution in [-0.2, 0) is 14.4 Å². The van der Waals surface area contributed by atoms with E-state index in [2.05, 4.69) is 19.7 Å². The summed E-state index contributed by atoms with van der Waals surface area (Å²) in [4.78, 5) is 30.3. The van der Waals surface area contributed by atoms with Gasteiger partial charge in [0.05, 0.1) is 14.2 Å². The number of hydrogen-bond acceptors (Lipinski definition) is 8. The number of rotatable bonds is 12. The van der Waals surface area contributed by atoms with Crippen molar-refractivity contribution in [1.82, 2.24) is 0 Å². The Morgan fingerprint density at radius 2 is 1.33 bits per heavy atom. The standard InChI is InChI=1S/C26H25FO6.C4H6O.C3H4O/c1-17(2)26(28)33-25-16-21(10-12-24(25)30-4)31-13-14-32-23-11-7-19(15-22(23)27)18-5-8-20(29-3)9-6-18;1-4(2)3-5;1-2-3-4/h5-12,15-16H,1,13-14H2,2-4H3;3H,1H2,2H3;2-3H,1H2. The summed E-state index contributed by atoms with van der Waals surface area (Å²) in [6.45, 7) is 13.5. The van der Waals surface area contributed by atoms with Crippen LogP contribution in [0.5, 0.6) is 28.7 Å². The van der Waals surface area contributed by atoms with Crippen LogP contribution in [0.2, 0.25) is 0 Å². The number of allylic oxidation sites excluding steroid dienone is 2. The minimum Gasteiger partial charge on any atom is -0.497 e. The number of methoxy groups -OCH3 is 2. The van der Waals surface area contributed by atoms with E-state index in [0.717, 1.165) is 23.2 Å². The zero-order valence-corrected chi connectivity index (χ0v) is 24.2. The highest BCUT2D eigenvalue weighted by atomic mass is 19.1. The molecule has 0 aliphatic carbocycles. The smallest absolute Gasteiger partial charge is 0.338 e. The first-order chi connectivity index (χ1) is 20.1. The molecule has 0 radical (unpaired) electrons. The van der Waals surface area contributed by atoms with Crippen LogP contribution in [0, 0.1) is 5.82 Å². The van der Waals surface area contributed by atoms with Gasteiger partial charge in [-0.05, 0) is 73.0 Å². The van der Waals surface area contributed by atoms with Gasteiger partial charge in [0.15, 0.2) is 23.1 Å². The number of halogens is 1. The maximum atomic E-state index is 14.5. The maximum absolute atomic E-state index is 14.5.